The molecule has 2 fully saturated rings. The van der Waals surface area contributed by atoms with Gasteiger partial charge < -0.3 is 10.2 Å². The lowest BCUT2D eigenvalue weighted by molar-refractivity contribution is 0.533. The fraction of sp³-hybridized carbons (Fsp3) is 0.571. The van der Waals surface area contributed by atoms with E-state index < -0.39 is 0 Å². The Morgan fingerprint density at radius 3 is 2.61 bits per heavy atom. The van der Waals surface area contributed by atoms with Crippen molar-refractivity contribution in [3.8, 4) is 6.07 Å². The van der Waals surface area contributed by atoms with Crippen LogP contribution in [0.4, 0.5) is 5.82 Å². The first-order chi connectivity index (χ1) is 8.69. The monoisotopic (exact) mass is 242 g/mol. The molecule has 0 spiro atoms. The highest BCUT2D eigenvalue weighted by Crippen LogP contribution is 2.32. The zero-order valence-electron chi connectivity index (χ0n) is 10.9. The normalized spacial score (nSPS) is 26.2. The van der Waals surface area contributed by atoms with Gasteiger partial charge in [0.15, 0.2) is 0 Å². The second kappa shape index (κ2) is 4.25. The van der Waals surface area contributed by atoms with Gasteiger partial charge >= 0.3 is 0 Å². The number of anilines is 1. The molecule has 3 rings (SSSR count). The lowest BCUT2D eigenvalue weighted by Gasteiger charge is -2.21. The molecule has 18 heavy (non-hydrogen) atoms. The fourth-order valence-electron chi connectivity index (χ4n) is 3.21. The molecule has 0 saturated carbocycles. The standard InChI is InChI=1S/C14H18N4/c1-9-3-10(2)17-14(13(9)4-15)18-7-11-5-16-6-12(11)8-18/h3,11-12,16H,5-8H2,1-2H3/t11-,12+. The molecule has 3 heterocycles. The third-order valence-electron chi connectivity index (χ3n) is 4.13. The molecule has 0 aliphatic carbocycles. The van der Waals surface area contributed by atoms with Gasteiger partial charge in [-0.25, -0.2) is 4.98 Å². The van der Waals surface area contributed by atoms with E-state index in [0.717, 1.165) is 60.7 Å². The van der Waals surface area contributed by atoms with Gasteiger partial charge in [-0.15, -0.1) is 0 Å². The van der Waals surface area contributed by atoms with Crippen LogP contribution in [0.5, 0.6) is 0 Å². The summed E-state index contributed by atoms with van der Waals surface area (Å²) in [6.07, 6.45) is 0. The molecule has 1 aromatic heterocycles. The highest BCUT2D eigenvalue weighted by atomic mass is 15.2. The quantitative estimate of drug-likeness (QED) is 0.804. The smallest absolute Gasteiger partial charge is 0.147 e. The second-order valence-corrected chi connectivity index (χ2v) is 5.47. The molecule has 0 radical (unpaired) electrons. The Kier molecular flexibility index (Phi) is 2.71. The minimum absolute atomic E-state index is 0.721. The van der Waals surface area contributed by atoms with Crippen molar-refractivity contribution in [1.29, 1.82) is 5.26 Å². The molecular weight excluding hydrogens is 224 g/mol. The Balaban J connectivity index is 1.95. The summed E-state index contributed by atoms with van der Waals surface area (Å²) < 4.78 is 0. The Morgan fingerprint density at radius 1 is 1.33 bits per heavy atom. The molecule has 0 amide bonds. The molecule has 2 atom stereocenters. The van der Waals surface area contributed by atoms with E-state index in [0.29, 0.717) is 0 Å². The molecule has 0 unspecified atom stereocenters. The minimum atomic E-state index is 0.721. The second-order valence-electron chi connectivity index (χ2n) is 5.47. The van der Waals surface area contributed by atoms with Crippen molar-refractivity contribution in [3.05, 3.63) is 22.9 Å². The Bertz CT molecular complexity index is 505. The van der Waals surface area contributed by atoms with Crippen LogP contribution in [0.1, 0.15) is 16.8 Å². The van der Waals surface area contributed by atoms with Gasteiger partial charge in [0.2, 0.25) is 0 Å². The topological polar surface area (TPSA) is 52.0 Å². The van der Waals surface area contributed by atoms with E-state index in [-0.39, 0.29) is 0 Å². The van der Waals surface area contributed by atoms with Crippen LogP contribution in [-0.4, -0.2) is 31.2 Å². The minimum Gasteiger partial charge on any atom is -0.355 e. The fourth-order valence-corrected chi connectivity index (χ4v) is 3.21. The van der Waals surface area contributed by atoms with Crippen LogP contribution in [0.25, 0.3) is 0 Å². The number of nitrogens with one attached hydrogen (secondary N) is 1. The van der Waals surface area contributed by atoms with Gasteiger partial charge in [-0.1, -0.05) is 0 Å². The molecule has 4 heteroatoms. The first-order valence-electron chi connectivity index (χ1n) is 6.53. The molecule has 2 aliphatic rings. The van der Waals surface area contributed by atoms with Crippen LogP contribution in [0.2, 0.25) is 0 Å². The molecule has 2 saturated heterocycles. The van der Waals surface area contributed by atoms with Crippen molar-refractivity contribution < 1.29 is 0 Å². The number of aryl methyl sites for hydroxylation is 2. The van der Waals surface area contributed by atoms with Crippen molar-refractivity contribution >= 4 is 5.82 Å². The van der Waals surface area contributed by atoms with E-state index in [1.165, 1.54) is 0 Å². The third kappa shape index (κ3) is 1.75. The van der Waals surface area contributed by atoms with Crippen LogP contribution in [-0.2, 0) is 0 Å². The van der Waals surface area contributed by atoms with E-state index >= 15 is 0 Å². The van der Waals surface area contributed by atoms with Crippen LogP contribution < -0.4 is 10.2 Å². The molecule has 0 aromatic carbocycles. The highest BCUT2D eigenvalue weighted by molar-refractivity contribution is 5.58. The van der Waals surface area contributed by atoms with Crippen LogP contribution >= 0.6 is 0 Å². The maximum atomic E-state index is 9.32. The molecular formula is C14H18N4. The molecule has 94 valence electrons. The molecule has 2 aliphatic heterocycles. The van der Waals surface area contributed by atoms with Gasteiger partial charge in [0.05, 0.1) is 5.56 Å². The Hall–Kier alpha value is -1.60. The number of hydrogen-bond donors (Lipinski definition) is 1. The van der Waals surface area contributed by atoms with Crippen molar-refractivity contribution in [2.24, 2.45) is 11.8 Å². The summed E-state index contributed by atoms with van der Waals surface area (Å²) >= 11 is 0. The summed E-state index contributed by atoms with van der Waals surface area (Å²) in [5.74, 6) is 2.34. The summed E-state index contributed by atoms with van der Waals surface area (Å²) in [5, 5.41) is 12.8. The molecule has 1 N–H and O–H groups in total. The lowest BCUT2D eigenvalue weighted by Crippen LogP contribution is -2.27. The predicted molar refractivity (Wildman–Crippen MR) is 70.5 cm³/mol. The number of rotatable bonds is 1. The van der Waals surface area contributed by atoms with Gasteiger partial charge in [-0.05, 0) is 37.3 Å². The first kappa shape index (κ1) is 11.5. The zero-order valence-corrected chi connectivity index (χ0v) is 10.9. The maximum Gasteiger partial charge on any atom is 0.147 e. The number of fused-ring (bicyclic) bond motifs is 1. The van der Waals surface area contributed by atoms with Gasteiger partial charge in [0.1, 0.15) is 11.9 Å². The number of pyridine rings is 1. The molecule has 0 bridgehead atoms. The summed E-state index contributed by atoms with van der Waals surface area (Å²) in [5.41, 5.74) is 2.78. The van der Waals surface area contributed by atoms with Gasteiger partial charge in [-0.2, -0.15) is 5.26 Å². The summed E-state index contributed by atoms with van der Waals surface area (Å²) in [7, 11) is 0. The first-order valence-corrected chi connectivity index (χ1v) is 6.53. The van der Waals surface area contributed by atoms with E-state index in [1.807, 2.05) is 19.9 Å². The van der Waals surface area contributed by atoms with E-state index in [9.17, 15) is 5.26 Å². The van der Waals surface area contributed by atoms with Crippen molar-refractivity contribution in [3.63, 3.8) is 0 Å². The average molecular weight is 242 g/mol. The maximum absolute atomic E-state index is 9.32. The van der Waals surface area contributed by atoms with E-state index in [2.05, 4.69) is 21.3 Å². The summed E-state index contributed by atoms with van der Waals surface area (Å²) in [6, 6.07) is 4.30. The van der Waals surface area contributed by atoms with Gasteiger partial charge in [0.25, 0.3) is 0 Å². The van der Waals surface area contributed by atoms with E-state index in [4.69, 9.17) is 0 Å². The predicted octanol–water partition coefficient (Wildman–Crippen LogP) is 1.23. The van der Waals surface area contributed by atoms with Crippen molar-refractivity contribution in [2.45, 2.75) is 13.8 Å². The van der Waals surface area contributed by atoms with Crippen LogP contribution in [0.15, 0.2) is 6.07 Å². The number of hydrogen-bond acceptors (Lipinski definition) is 4. The van der Waals surface area contributed by atoms with Crippen LogP contribution in [0.3, 0.4) is 0 Å². The largest absolute Gasteiger partial charge is 0.355 e. The summed E-state index contributed by atoms with van der Waals surface area (Å²) in [6.45, 7) is 8.26. The molecule has 4 nitrogen and oxygen atoms in total. The van der Waals surface area contributed by atoms with E-state index in [1.54, 1.807) is 0 Å². The SMILES string of the molecule is Cc1cc(C)c(C#N)c(N2C[C@H]3CNC[C@H]3C2)n1. The third-order valence-corrected chi connectivity index (χ3v) is 4.13. The number of aromatic nitrogens is 1. The molecule has 1 aromatic rings. The van der Waals surface area contributed by atoms with Crippen molar-refractivity contribution in [1.82, 2.24) is 10.3 Å². The van der Waals surface area contributed by atoms with Crippen molar-refractivity contribution in [2.75, 3.05) is 31.1 Å². The average Bonchev–Trinajstić information content (AvgIpc) is 2.87. The lowest BCUT2D eigenvalue weighted by atomic mass is 10.0. The zero-order chi connectivity index (χ0) is 12.7. The highest BCUT2D eigenvalue weighted by Gasteiger charge is 2.37. The Labute approximate surface area is 108 Å². The summed E-state index contributed by atoms with van der Waals surface area (Å²) in [4.78, 5) is 6.90. The number of nitriles is 1. The Morgan fingerprint density at radius 2 is 2.00 bits per heavy atom. The van der Waals surface area contributed by atoms with Crippen LogP contribution in [0, 0.1) is 37.0 Å². The van der Waals surface area contributed by atoms with Gasteiger partial charge in [0, 0.05) is 31.9 Å². The number of nitrogens with zero attached hydrogens (tertiary/aromatic N) is 3. The van der Waals surface area contributed by atoms with Gasteiger partial charge in [-0.3, -0.25) is 0 Å².